The Hall–Kier alpha value is -3.71. The van der Waals surface area contributed by atoms with Gasteiger partial charge in [-0.15, -0.1) is 0 Å². The first-order valence-electron chi connectivity index (χ1n) is 17.0. The number of ether oxygens (including phenoxy) is 3. The first kappa shape index (κ1) is 38.7. The van der Waals surface area contributed by atoms with Gasteiger partial charge in [0.25, 0.3) is 0 Å². The Morgan fingerprint density at radius 2 is 1.73 bits per heavy atom. The number of hydrogen-bond acceptors (Lipinski definition) is 10. The van der Waals surface area contributed by atoms with Crippen molar-refractivity contribution < 1.29 is 43.3 Å². The highest BCUT2D eigenvalue weighted by Crippen LogP contribution is 2.28. The van der Waals surface area contributed by atoms with Crippen LogP contribution in [0.3, 0.4) is 0 Å². The third-order valence-electron chi connectivity index (χ3n) is 8.35. The Morgan fingerprint density at radius 3 is 2.38 bits per heavy atom. The fourth-order valence-corrected chi connectivity index (χ4v) is 6.01. The number of amides is 3. The number of esters is 2. The number of aliphatic hydroxyl groups excluding tert-OH is 1. The third-order valence-corrected chi connectivity index (χ3v) is 8.35. The zero-order chi connectivity index (χ0) is 35.3. The molecule has 13 nitrogen and oxygen atoms in total. The lowest BCUT2D eigenvalue weighted by Gasteiger charge is -2.32. The number of carbonyl (C=O) groups excluding carboxylic acids is 5. The Labute approximate surface area is 283 Å². The van der Waals surface area contributed by atoms with E-state index >= 15 is 0 Å². The average molecular weight is 675 g/mol. The van der Waals surface area contributed by atoms with Crippen LogP contribution >= 0.6 is 0 Å². The molecule has 3 rings (SSSR count). The quantitative estimate of drug-likeness (QED) is 0.225. The van der Waals surface area contributed by atoms with E-state index in [2.05, 4.69) is 16.0 Å². The number of hydrogen-bond donors (Lipinski definition) is 4. The van der Waals surface area contributed by atoms with Gasteiger partial charge in [0.15, 0.2) is 6.10 Å². The van der Waals surface area contributed by atoms with Crippen LogP contribution in [0.15, 0.2) is 30.3 Å². The van der Waals surface area contributed by atoms with E-state index in [0.717, 1.165) is 37.7 Å². The van der Waals surface area contributed by atoms with Gasteiger partial charge >= 0.3 is 18.0 Å². The first-order chi connectivity index (χ1) is 22.7. The number of carbonyl (C=O) groups is 5. The molecule has 3 amide bonds. The Morgan fingerprint density at radius 1 is 1.04 bits per heavy atom. The normalized spacial score (nSPS) is 24.4. The van der Waals surface area contributed by atoms with E-state index in [1.165, 1.54) is 0 Å². The number of nitrogens with zero attached hydrogens (tertiary/aromatic N) is 1. The van der Waals surface area contributed by atoms with Crippen LogP contribution in [0.1, 0.15) is 84.1 Å². The summed E-state index contributed by atoms with van der Waals surface area (Å²) in [6.45, 7) is 5.00. The molecule has 1 saturated heterocycles. The molecule has 5 atom stereocenters. The molecule has 0 aromatic heterocycles. The molecule has 2 aliphatic rings. The van der Waals surface area contributed by atoms with E-state index in [1.54, 1.807) is 45.0 Å². The van der Waals surface area contributed by atoms with Crippen LogP contribution in [-0.2, 0) is 39.8 Å². The molecular weight excluding hydrogens is 620 g/mol. The molecule has 1 saturated carbocycles. The molecule has 0 spiro atoms. The molecule has 2 unspecified atom stereocenters. The molecule has 1 heterocycles. The maximum Gasteiger partial charge on any atom is 0.408 e. The Kier molecular flexibility index (Phi) is 15.1. The molecule has 4 N–H and O–H groups in total. The lowest BCUT2D eigenvalue weighted by Crippen LogP contribution is -2.59. The number of rotatable bonds is 9. The molecule has 1 aromatic carbocycles. The maximum atomic E-state index is 13.8. The van der Waals surface area contributed by atoms with Crippen molar-refractivity contribution in [2.24, 2.45) is 5.92 Å². The highest BCUT2D eigenvalue weighted by Gasteiger charge is 2.36. The number of likely N-dealkylation sites (N-methyl/N-ethyl adjacent to an activating group) is 1. The molecular formula is C35H54N4O9. The van der Waals surface area contributed by atoms with Gasteiger partial charge in [-0.05, 0) is 65.6 Å². The van der Waals surface area contributed by atoms with Crippen molar-refractivity contribution in [2.75, 3.05) is 27.2 Å². The van der Waals surface area contributed by atoms with Crippen molar-refractivity contribution in [1.29, 1.82) is 0 Å². The summed E-state index contributed by atoms with van der Waals surface area (Å²) in [5.74, 6) is -2.73. The smallest absolute Gasteiger partial charge is 0.408 e. The number of cyclic esters (lactones) is 2. The van der Waals surface area contributed by atoms with Gasteiger partial charge in [-0.1, -0.05) is 62.4 Å². The second kappa shape index (κ2) is 18.7. The van der Waals surface area contributed by atoms with Gasteiger partial charge in [-0.25, -0.2) is 9.59 Å². The van der Waals surface area contributed by atoms with Crippen LogP contribution in [-0.4, -0.2) is 103 Å². The molecule has 1 aromatic rings. The molecule has 1 aliphatic carbocycles. The summed E-state index contributed by atoms with van der Waals surface area (Å²) in [5.41, 5.74) is -0.0730. The Balaban J connectivity index is 1.87. The molecule has 48 heavy (non-hydrogen) atoms. The van der Waals surface area contributed by atoms with Crippen molar-refractivity contribution in [3.63, 3.8) is 0 Å². The number of alkyl carbamates (subject to hydrolysis) is 1. The van der Waals surface area contributed by atoms with Gasteiger partial charge < -0.3 is 40.2 Å². The molecule has 13 heteroatoms. The van der Waals surface area contributed by atoms with Gasteiger partial charge in [0.2, 0.25) is 11.8 Å². The fourth-order valence-electron chi connectivity index (χ4n) is 6.01. The minimum Gasteiger partial charge on any atom is -0.463 e. The highest BCUT2D eigenvalue weighted by atomic mass is 16.6. The minimum absolute atomic E-state index is 0.00649. The van der Waals surface area contributed by atoms with E-state index in [4.69, 9.17) is 14.2 Å². The van der Waals surface area contributed by atoms with E-state index in [0.29, 0.717) is 25.8 Å². The zero-order valence-corrected chi connectivity index (χ0v) is 29.0. The topological polar surface area (TPSA) is 173 Å². The fraction of sp³-hybridized carbons (Fsp3) is 0.686. The van der Waals surface area contributed by atoms with E-state index in [-0.39, 0.29) is 18.8 Å². The van der Waals surface area contributed by atoms with Crippen LogP contribution < -0.4 is 16.0 Å². The largest absolute Gasteiger partial charge is 0.463 e. The summed E-state index contributed by atoms with van der Waals surface area (Å²) in [5, 5.41) is 19.3. The molecule has 1 aliphatic heterocycles. The maximum absolute atomic E-state index is 13.8. The first-order valence-corrected chi connectivity index (χ1v) is 17.0. The van der Waals surface area contributed by atoms with Crippen LogP contribution in [0.25, 0.3) is 0 Å². The summed E-state index contributed by atoms with van der Waals surface area (Å²) >= 11 is 0. The van der Waals surface area contributed by atoms with Crippen molar-refractivity contribution in [2.45, 2.75) is 121 Å². The van der Waals surface area contributed by atoms with Crippen LogP contribution in [0.2, 0.25) is 0 Å². The van der Waals surface area contributed by atoms with Crippen molar-refractivity contribution in [1.82, 2.24) is 20.9 Å². The molecule has 268 valence electrons. The number of aliphatic hydroxyl groups is 1. The average Bonchev–Trinajstić information content (AvgIpc) is 3.01. The van der Waals surface area contributed by atoms with Crippen LogP contribution in [0.5, 0.6) is 0 Å². The summed E-state index contributed by atoms with van der Waals surface area (Å²) in [7, 11) is 3.66. The monoisotopic (exact) mass is 674 g/mol. The predicted molar refractivity (Wildman–Crippen MR) is 178 cm³/mol. The highest BCUT2D eigenvalue weighted by molar-refractivity contribution is 5.92. The second-order valence-corrected chi connectivity index (χ2v) is 14.1. The van der Waals surface area contributed by atoms with Gasteiger partial charge in [-0.2, -0.15) is 0 Å². The van der Waals surface area contributed by atoms with Crippen molar-refractivity contribution in [3.8, 4) is 0 Å². The standard InChI is InChI=1S/C35H54N4O9/c1-35(2,3)48-34(45)38-27(20-24-15-10-7-11-16-24)31(42)37-28-22-46-29(40)18-12-17-25(21-39(4)5)47-33(44)30(41)26(36-32(28)43)19-23-13-8-6-9-14-23/h7,10-11,15-16,23,25-28,30,41H,6,8-9,12-14,17-22H2,1-5H3,(H,36,43)(H,37,42)(H,38,45)/t25?,26-,27-,28?,30+/m0/s1. The van der Waals surface area contributed by atoms with Crippen LogP contribution in [0, 0.1) is 5.92 Å². The lowest BCUT2D eigenvalue weighted by atomic mass is 9.83. The van der Waals surface area contributed by atoms with E-state index in [9.17, 15) is 29.1 Å². The summed E-state index contributed by atoms with van der Waals surface area (Å²) < 4.78 is 16.5. The third kappa shape index (κ3) is 13.8. The van der Waals surface area contributed by atoms with Gasteiger partial charge in [0, 0.05) is 19.4 Å². The van der Waals surface area contributed by atoms with Crippen molar-refractivity contribution >= 4 is 29.8 Å². The van der Waals surface area contributed by atoms with Gasteiger partial charge in [-0.3, -0.25) is 14.4 Å². The number of benzene rings is 1. The van der Waals surface area contributed by atoms with Gasteiger partial charge in [0.1, 0.15) is 30.4 Å². The predicted octanol–water partition coefficient (Wildman–Crippen LogP) is 2.62. The molecule has 0 bridgehead atoms. The Bertz CT molecular complexity index is 1210. The zero-order valence-electron chi connectivity index (χ0n) is 29.0. The number of nitrogens with one attached hydrogen (secondary N) is 3. The second-order valence-electron chi connectivity index (χ2n) is 14.1. The lowest BCUT2D eigenvalue weighted by molar-refractivity contribution is -0.162. The molecule has 2 fully saturated rings. The summed E-state index contributed by atoms with van der Waals surface area (Å²) in [6, 6.07) is 5.48. The van der Waals surface area contributed by atoms with Gasteiger partial charge in [0.05, 0.1) is 6.04 Å². The van der Waals surface area contributed by atoms with E-state index < -0.39 is 72.4 Å². The summed E-state index contributed by atoms with van der Waals surface area (Å²) in [4.78, 5) is 68.1. The minimum atomic E-state index is -1.65. The van der Waals surface area contributed by atoms with E-state index in [1.807, 2.05) is 25.1 Å². The van der Waals surface area contributed by atoms with Crippen LogP contribution in [0.4, 0.5) is 4.79 Å². The molecule has 0 radical (unpaired) electrons. The van der Waals surface area contributed by atoms with Crippen molar-refractivity contribution in [3.05, 3.63) is 35.9 Å². The summed E-state index contributed by atoms with van der Waals surface area (Å²) in [6.07, 6.45) is 2.99. The SMILES string of the molecule is CN(C)CC1CCCC(=O)OCC(NC(=O)[C@H](Cc2ccccc2)NC(=O)OC(C)(C)C)C(=O)N[C@@H](CC2CCCCC2)[C@@H](O)C(=O)O1.